The number of carboxylic acid groups (broad SMARTS) is 1. The van der Waals surface area contributed by atoms with E-state index >= 15 is 0 Å². The summed E-state index contributed by atoms with van der Waals surface area (Å²) in [7, 11) is 0. The van der Waals surface area contributed by atoms with Gasteiger partial charge in [0.2, 0.25) is 0 Å². The van der Waals surface area contributed by atoms with Crippen molar-refractivity contribution in [1.29, 1.82) is 0 Å². The zero-order valence-corrected chi connectivity index (χ0v) is 12.0. The Hall–Kier alpha value is -1.81. The van der Waals surface area contributed by atoms with E-state index < -0.39 is 5.97 Å². The van der Waals surface area contributed by atoms with Crippen LogP contribution in [-0.2, 0) is 11.3 Å². The van der Waals surface area contributed by atoms with Crippen molar-refractivity contribution in [2.24, 2.45) is 0 Å². The third-order valence-corrected chi connectivity index (χ3v) is 4.13. The van der Waals surface area contributed by atoms with Crippen LogP contribution in [0.4, 0.5) is 0 Å². The number of benzene rings is 1. The predicted octanol–water partition coefficient (Wildman–Crippen LogP) is 4.37. The summed E-state index contributed by atoms with van der Waals surface area (Å²) in [5.74, 6) is -0.535. The smallest absolute Gasteiger partial charge is 0.340 e. The van der Waals surface area contributed by atoms with Gasteiger partial charge in [-0.2, -0.15) is 0 Å². The third kappa shape index (κ3) is 3.10. The van der Waals surface area contributed by atoms with E-state index in [1.807, 2.05) is 12.1 Å². The second kappa shape index (κ2) is 6.31. The maximum absolute atomic E-state index is 11.5. The molecule has 3 rings (SSSR count). The highest BCUT2D eigenvalue weighted by atomic mass is 16.5. The van der Waals surface area contributed by atoms with E-state index in [1.54, 1.807) is 12.1 Å². The lowest BCUT2D eigenvalue weighted by atomic mass is 10.1. The summed E-state index contributed by atoms with van der Waals surface area (Å²) in [6.07, 6.45) is 7.26. The molecule has 0 saturated heterocycles. The summed E-state index contributed by atoms with van der Waals surface area (Å²) >= 11 is 0. The molecule has 112 valence electrons. The van der Waals surface area contributed by atoms with Gasteiger partial charge in [0.05, 0.1) is 6.10 Å². The van der Waals surface area contributed by atoms with Gasteiger partial charge < -0.3 is 14.3 Å². The lowest BCUT2D eigenvalue weighted by molar-refractivity contribution is 0.0215. The molecule has 4 nitrogen and oxygen atoms in total. The molecule has 0 bridgehead atoms. The lowest BCUT2D eigenvalue weighted by Gasteiger charge is -2.14. The molecule has 0 aliphatic heterocycles. The summed E-state index contributed by atoms with van der Waals surface area (Å²) in [4.78, 5) is 11.5. The Kier molecular flexibility index (Phi) is 4.25. The second-order valence-corrected chi connectivity index (χ2v) is 5.63. The fourth-order valence-electron chi connectivity index (χ4n) is 3.03. The molecule has 4 heteroatoms. The Bertz CT molecular complexity index is 621. The highest BCUT2D eigenvalue weighted by Gasteiger charge is 2.21. The molecule has 1 saturated carbocycles. The van der Waals surface area contributed by atoms with Gasteiger partial charge in [0.25, 0.3) is 0 Å². The van der Waals surface area contributed by atoms with Crippen molar-refractivity contribution >= 4 is 16.9 Å². The Morgan fingerprint density at radius 3 is 2.62 bits per heavy atom. The summed E-state index contributed by atoms with van der Waals surface area (Å²) < 4.78 is 11.6. The van der Waals surface area contributed by atoms with Gasteiger partial charge in [-0.05, 0) is 18.9 Å². The molecule has 1 aromatic heterocycles. The molecule has 1 aromatic carbocycles. The molecule has 21 heavy (non-hydrogen) atoms. The van der Waals surface area contributed by atoms with Crippen LogP contribution in [0.5, 0.6) is 0 Å². The predicted molar refractivity (Wildman–Crippen MR) is 79.5 cm³/mol. The minimum absolute atomic E-state index is 0.224. The summed E-state index contributed by atoms with van der Waals surface area (Å²) in [5.41, 5.74) is 0.841. The number of hydrogen-bond acceptors (Lipinski definition) is 3. The molecule has 0 spiro atoms. The monoisotopic (exact) mass is 288 g/mol. The Labute approximate surface area is 123 Å². The summed E-state index contributed by atoms with van der Waals surface area (Å²) in [6, 6.07) is 7.22. The molecule has 0 radical (unpaired) electrons. The van der Waals surface area contributed by atoms with Crippen molar-refractivity contribution in [3.63, 3.8) is 0 Å². The standard InChI is InChI=1S/C17H20O4/c18-17(19)16-13-9-5-6-10-14(13)21-15(16)11-20-12-7-3-1-2-4-8-12/h5-6,9-10,12H,1-4,7-8,11H2,(H,18,19). The Morgan fingerprint density at radius 2 is 1.90 bits per heavy atom. The second-order valence-electron chi connectivity index (χ2n) is 5.63. The van der Waals surface area contributed by atoms with Crippen LogP contribution in [-0.4, -0.2) is 17.2 Å². The normalized spacial score (nSPS) is 17.0. The molecule has 1 aliphatic rings. The minimum atomic E-state index is -0.959. The summed E-state index contributed by atoms with van der Waals surface area (Å²) in [6.45, 7) is 0.237. The molecular formula is C17H20O4. The van der Waals surface area contributed by atoms with E-state index in [2.05, 4.69) is 0 Å². The number of aromatic carboxylic acids is 1. The van der Waals surface area contributed by atoms with Crippen LogP contribution in [0.3, 0.4) is 0 Å². The van der Waals surface area contributed by atoms with Gasteiger partial charge in [-0.25, -0.2) is 4.79 Å². The van der Waals surface area contributed by atoms with Gasteiger partial charge in [0.1, 0.15) is 23.5 Å². The first-order valence-electron chi connectivity index (χ1n) is 7.61. The quantitative estimate of drug-likeness (QED) is 0.849. The molecule has 0 amide bonds. The number of para-hydroxylation sites is 1. The Morgan fingerprint density at radius 1 is 1.19 bits per heavy atom. The van der Waals surface area contributed by atoms with E-state index in [1.165, 1.54) is 25.7 Å². The number of hydrogen-bond donors (Lipinski definition) is 1. The van der Waals surface area contributed by atoms with E-state index in [0.29, 0.717) is 16.7 Å². The van der Waals surface area contributed by atoms with Gasteiger partial charge in [-0.15, -0.1) is 0 Å². The van der Waals surface area contributed by atoms with Crippen LogP contribution >= 0.6 is 0 Å². The van der Waals surface area contributed by atoms with Gasteiger partial charge >= 0.3 is 5.97 Å². The van der Waals surface area contributed by atoms with E-state index in [0.717, 1.165) is 12.8 Å². The lowest BCUT2D eigenvalue weighted by Crippen LogP contribution is -2.12. The van der Waals surface area contributed by atoms with E-state index in [-0.39, 0.29) is 18.3 Å². The fourth-order valence-corrected chi connectivity index (χ4v) is 3.03. The number of carbonyl (C=O) groups is 1. The molecule has 1 heterocycles. The number of rotatable bonds is 4. The first-order valence-corrected chi connectivity index (χ1v) is 7.61. The van der Waals surface area contributed by atoms with Crippen molar-refractivity contribution in [3.8, 4) is 0 Å². The molecular weight excluding hydrogens is 268 g/mol. The van der Waals surface area contributed by atoms with Crippen molar-refractivity contribution in [3.05, 3.63) is 35.6 Å². The average molecular weight is 288 g/mol. The fraction of sp³-hybridized carbons (Fsp3) is 0.471. The topological polar surface area (TPSA) is 59.7 Å². The Balaban J connectivity index is 1.79. The largest absolute Gasteiger partial charge is 0.478 e. The average Bonchev–Trinajstić information content (AvgIpc) is 2.65. The minimum Gasteiger partial charge on any atom is -0.478 e. The number of fused-ring (bicyclic) bond motifs is 1. The van der Waals surface area contributed by atoms with Crippen molar-refractivity contribution in [2.45, 2.75) is 51.2 Å². The molecule has 1 fully saturated rings. The van der Waals surface area contributed by atoms with Gasteiger partial charge in [0.15, 0.2) is 0 Å². The molecule has 2 aromatic rings. The highest BCUT2D eigenvalue weighted by Crippen LogP contribution is 2.28. The maximum Gasteiger partial charge on any atom is 0.340 e. The third-order valence-electron chi connectivity index (χ3n) is 4.13. The highest BCUT2D eigenvalue weighted by molar-refractivity contribution is 6.03. The number of furan rings is 1. The SMILES string of the molecule is O=C(O)c1c(COC2CCCCCC2)oc2ccccc12. The first kappa shape index (κ1) is 14.1. The van der Waals surface area contributed by atoms with Gasteiger partial charge in [-0.1, -0.05) is 43.9 Å². The molecule has 0 unspecified atom stereocenters. The van der Waals surface area contributed by atoms with Gasteiger partial charge in [-0.3, -0.25) is 0 Å². The van der Waals surface area contributed by atoms with E-state index in [9.17, 15) is 9.90 Å². The number of carboxylic acids is 1. The first-order chi connectivity index (χ1) is 10.3. The molecule has 1 N–H and O–H groups in total. The van der Waals surface area contributed by atoms with Crippen LogP contribution in [0.1, 0.15) is 54.6 Å². The zero-order valence-electron chi connectivity index (χ0n) is 12.0. The van der Waals surface area contributed by atoms with Gasteiger partial charge in [0, 0.05) is 5.39 Å². The summed E-state index contributed by atoms with van der Waals surface area (Å²) in [5, 5.41) is 10.1. The molecule has 0 atom stereocenters. The van der Waals surface area contributed by atoms with Crippen LogP contribution in [0.25, 0.3) is 11.0 Å². The van der Waals surface area contributed by atoms with Crippen LogP contribution in [0, 0.1) is 0 Å². The zero-order chi connectivity index (χ0) is 14.7. The van der Waals surface area contributed by atoms with Crippen molar-refractivity contribution in [2.75, 3.05) is 0 Å². The van der Waals surface area contributed by atoms with Crippen LogP contribution < -0.4 is 0 Å². The number of ether oxygens (including phenoxy) is 1. The van der Waals surface area contributed by atoms with Crippen molar-refractivity contribution in [1.82, 2.24) is 0 Å². The van der Waals surface area contributed by atoms with Crippen LogP contribution in [0.15, 0.2) is 28.7 Å². The van der Waals surface area contributed by atoms with Crippen LogP contribution in [0.2, 0.25) is 0 Å². The maximum atomic E-state index is 11.5. The van der Waals surface area contributed by atoms with Crippen molar-refractivity contribution < 1.29 is 19.1 Å². The molecule has 1 aliphatic carbocycles. The van der Waals surface area contributed by atoms with E-state index in [4.69, 9.17) is 9.15 Å².